The van der Waals surface area contributed by atoms with E-state index in [9.17, 15) is 8.42 Å². The van der Waals surface area contributed by atoms with Gasteiger partial charge in [-0.15, -0.1) is 0 Å². The zero-order valence-corrected chi connectivity index (χ0v) is 16.0. The molecule has 0 aliphatic heterocycles. The number of aryl methyl sites for hydroxylation is 1. The van der Waals surface area contributed by atoms with Crippen molar-refractivity contribution in [3.05, 3.63) is 66.2 Å². The van der Waals surface area contributed by atoms with Gasteiger partial charge in [-0.2, -0.15) is 4.31 Å². The quantitative estimate of drug-likeness (QED) is 0.747. The van der Waals surface area contributed by atoms with Crippen LogP contribution in [0.1, 0.15) is 25.0 Å². The minimum absolute atomic E-state index is 0.179. The molecule has 0 heterocycles. The van der Waals surface area contributed by atoms with Gasteiger partial charge in [-0.05, 0) is 56.2 Å². The van der Waals surface area contributed by atoms with Crippen molar-refractivity contribution in [1.29, 1.82) is 0 Å². The van der Waals surface area contributed by atoms with E-state index in [0.29, 0.717) is 4.90 Å². The largest absolute Gasteiger partial charge is 0.497 e. The van der Waals surface area contributed by atoms with Crippen LogP contribution in [0, 0.1) is 6.92 Å². The molecule has 25 heavy (non-hydrogen) atoms. The highest BCUT2D eigenvalue weighted by Gasteiger charge is 2.27. The van der Waals surface area contributed by atoms with Crippen molar-refractivity contribution in [1.82, 2.24) is 4.31 Å². The van der Waals surface area contributed by atoms with Gasteiger partial charge >= 0.3 is 0 Å². The highest BCUT2D eigenvalue weighted by molar-refractivity contribution is 7.89. The summed E-state index contributed by atoms with van der Waals surface area (Å²) in [6.07, 6.45) is 0. The molecule has 0 fully saturated rings. The molecule has 2 aromatic carbocycles. The second kappa shape index (κ2) is 7.85. The lowest BCUT2D eigenvalue weighted by molar-refractivity contribution is 0.386. The second-order valence-corrected chi connectivity index (χ2v) is 8.18. The summed E-state index contributed by atoms with van der Waals surface area (Å²) in [5, 5.41) is 0. The summed E-state index contributed by atoms with van der Waals surface area (Å²) in [4.78, 5) is 0.300. The average Bonchev–Trinajstić information content (AvgIpc) is 2.59. The summed E-state index contributed by atoms with van der Waals surface area (Å²) in [6, 6.07) is 14.2. The summed E-state index contributed by atoms with van der Waals surface area (Å²) < 4.78 is 32.7. The maximum absolute atomic E-state index is 13.0. The Morgan fingerprint density at radius 1 is 1.08 bits per heavy atom. The van der Waals surface area contributed by atoms with Crippen LogP contribution in [0.25, 0.3) is 5.57 Å². The number of hydrogen-bond acceptors (Lipinski definition) is 3. The van der Waals surface area contributed by atoms with Crippen LogP contribution >= 0.6 is 0 Å². The standard InChI is InChI=1S/C20H25NO3S/c1-15(2)21(25(22,23)20-12-6-16(3)7-13-20)14-17(4)18-8-10-19(24-5)11-9-18/h6-13,15H,4,14H2,1-3,5H3. The fourth-order valence-electron chi connectivity index (χ4n) is 2.50. The first-order valence-corrected chi connectivity index (χ1v) is 9.60. The molecule has 0 unspecified atom stereocenters. The van der Waals surface area contributed by atoms with Gasteiger partial charge in [-0.1, -0.05) is 36.4 Å². The van der Waals surface area contributed by atoms with Crippen molar-refractivity contribution >= 4 is 15.6 Å². The first kappa shape index (κ1) is 19.2. The smallest absolute Gasteiger partial charge is 0.243 e. The third-order valence-electron chi connectivity index (χ3n) is 4.05. The molecular weight excluding hydrogens is 334 g/mol. The molecule has 0 atom stereocenters. The van der Waals surface area contributed by atoms with Gasteiger partial charge < -0.3 is 4.74 Å². The van der Waals surface area contributed by atoms with E-state index >= 15 is 0 Å². The van der Waals surface area contributed by atoms with Gasteiger partial charge in [0, 0.05) is 12.6 Å². The molecule has 134 valence electrons. The van der Waals surface area contributed by atoms with E-state index in [0.717, 1.165) is 22.4 Å². The lowest BCUT2D eigenvalue weighted by atomic mass is 10.1. The topological polar surface area (TPSA) is 46.6 Å². The van der Waals surface area contributed by atoms with Crippen molar-refractivity contribution in [2.75, 3.05) is 13.7 Å². The van der Waals surface area contributed by atoms with Gasteiger partial charge in [0.15, 0.2) is 0 Å². The fraction of sp³-hybridized carbons (Fsp3) is 0.300. The summed E-state index contributed by atoms with van der Waals surface area (Å²) in [6.45, 7) is 9.98. The van der Waals surface area contributed by atoms with E-state index < -0.39 is 10.0 Å². The Bertz CT molecular complexity index is 822. The predicted octanol–water partition coefficient (Wildman–Crippen LogP) is 4.12. The van der Waals surface area contributed by atoms with Crippen LogP contribution in [0.2, 0.25) is 0 Å². The lowest BCUT2D eigenvalue weighted by Gasteiger charge is -2.27. The maximum Gasteiger partial charge on any atom is 0.243 e. The molecule has 5 heteroatoms. The molecule has 0 saturated heterocycles. The Labute approximate surface area is 150 Å². The molecule has 2 aromatic rings. The van der Waals surface area contributed by atoms with Gasteiger partial charge in [-0.3, -0.25) is 0 Å². The van der Waals surface area contributed by atoms with Crippen molar-refractivity contribution in [2.45, 2.75) is 31.7 Å². The van der Waals surface area contributed by atoms with Gasteiger partial charge in [0.25, 0.3) is 0 Å². The van der Waals surface area contributed by atoms with Gasteiger partial charge in [-0.25, -0.2) is 8.42 Å². The van der Waals surface area contributed by atoms with Crippen LogP contribution in [0.4, 0.5) is 0 Å². The minimum atomic E-state index is -3.59. The average molecular weight is 359 g/mol. The van der Waals surface area contributed by atoms with Crippen LogP contribution in [-0.4, -0.2) is 32.4 Å². The highest BCUT2D eigenvalue weighted by Crippen LogP contribution is 2.24. The zero-order chi connectivity index (χ0) is 18.6. The Kier molecular flexibility index (Phi) is 6.03. The van der Waals surface area contributed by atoms with E-state index in [2.05, 4.69) is 6.58 Å². The Hall–Kier alpha value is -2.11. The molecule has 0 radical (unpaired) electrons. The van der Waals surface area contributed by atoms with Crippen molar-refractivity contribution in [3.63, 3.8) is 0 Å². The SMILES string of the molecule is C=C(CN(C(C)C)S(=O)(=O)c1ccc(C)cc1)c1ccc(OC)cc1. The van der Waals surface area contributed by atoms with Crippen LogP contribution in [0.3, 0.4) is 0 Å². The highest BCUT2D eigenvalue weighted by atomic mass is 32.2. The Balaban J connectivity index is 2.28. The molecule has 0 spiro atoms. The third-order valence-corrected chi connectivity index (χ3v) is 6.08. The summed E-state index contributed by atoms with van der Waals surface area (Å²) in [7, 11) is -1.98. The number of methoxy groups -OCH3 is 1. The maximum atomic E-state index is 13.0. The minimum Gasteiger partial charge on any atom is -0.497 e. The molecule has 2 rings (SSSR count). The number of benzene rings is 2. The van der Waals surface area contributed by atoms with Crippen LogP contribution in [-0.2, 0) is 10.0 Å². The Morgan fingerprint density at radius 3 is 2.12 bits per heavy atom. The van der Waals surface area contributed by atoms with E-state index in [1.54, 1.807) is 19.2 Å². The van der Waals surface area contributed by atoms with Gasteiger partial charge in [0.05, 0.1) is 12.0 Å². The molecule has 0 aliphatic carbocycles. The van der Waals surface area contributed by atoms with Crippen molar-refractivity contribution in [3.8, 4) is 5.75 Å². The monoisotopic (exact) mass is 359 g/mol. The number of sulfonamides is 1. The summed E-state index contributed by atoms with van der Waals surface area (Å²) in [5.74, 6) is 0.754. The van der Waals surface area contributed by atoms with Crippen molar-refractivity contribution < 1.29 is 13.2 Å². The molecule has 0 amide bonds. The van der Waals surface area contributed by atoms with E-state index in [4.69, 9.17) is 4.74 Å². The van der Waals surface area contributed by atoms with Crippen molar-refractivity contribution in [2.24, 2.45) is 0 Å². The summed E-state index contributed by atoms with van der Waals surface area (Å²) in [5.41, 5.74) is 2.66. The van der Waals surface area contributed by atoms with Crippen LogP contribution < -0.4 is 4.74 Å². The molecule has 0 saturated carbocycles. The zero-order valence-electron chi connectivity index (χ0n) is 15.2. The molecular formula is C20H25NO3S. The molecule has 0 aliphatic rings. The van der Waals surface area contributed by atoms with E-state index in [-0.39, 0.29) is 12.6 Å². The fourth-order valence-corrected chi connectivity index (χ4v) is 4.13. The predicted molar refractivity (Wildman–Crippen MR) is 102 cm³/mol. The molecule has 0 N–H and O–H groups in total. The van der Waals surface area contributed by atoms with Crippen LogP contribution in [0.15, 0.2) is 60.0 Å². The first-order valence-electron chi connectivity index (χ1n) is 8.16. The van der Waals surface area contributed by atoms with Gasteiger partial charge in [0.1, 0.15) is 5.75 Å². The second-order valence-electron chi connectivity index (χ2n) is 6.29. The number of hydrogen-bond donors (Lipinski definition) is 0. The molecule has 0 aromatic heterocycles. The van der Waals surface area contributed by atoms with E-state index in [1.807, 2.05) is 57.2 Å². The number of ether oxygens (including phenoxy) is 1. The summed E-state index contributed by atoms with van der Waals surface area (Å²) >= 11 is 0. The first-order chi connectivity index (χ1) is 11.8. The molecule has 0 bridgehead atoms. The Morgan fingerprint density at radius 2 is 1.64 bits per heavy atom. The lowest BCUT2D eigenvalue weighted by Crippen LogP contribution is -2.38. The van der Waals surface area contributed by atoms with Crippen LogP contribution in [0.5, 0.6) is 5.75 Å². The number of rotatable bonds is 7. The normalized spacial score (nSPS) is 11.8. The van der Waals surface area contributed by atoms with Gasteiger partial charge in [0.2, 0.25) is 10.0 Å². The van der Waals surface area contributed by atoms with E-state index in [1.165, 1.54) is 4.31 Å². The third kappa shape index (κ3) is 4.50. The number of nitrogens with zero attached hydrogens (tertiary/aromatic N) is 1. The molecule has 4 nitrogen and oxygen atoms in total.